The lowest BCUT2D eigenvalue weighted by molar-refractivity contribution is 0.537. The van der Waals surface area contributed by atoms with Gasteiger partial charge in [-0.1, -0.05) is 66.9 Å². The Bertz CT molecular complexity index is 422. The Morgan fingerprint density at radius 1 is 0.833 bits per heavy atom. The van der Waals surface area contributed by atoms with Crippen molar-refractivity contribution >= 4 is 5.82 Å². The quantitative estimate of drug-likeness (QED) is 0.453. The van der Waals surface area contributed by atoms with Crippen molar-refractivity contribution in [3.05, 3.63) is 23.4 Å². The Kier molecular flexibility index (Phi) is 12.7. The number of hydrogen-bond acceptors (Lipinski definition) is 2. The van der Waals surface area contributed by atoms with Crippen LogP contribution in [0.5, 0.6) is 0 Å². The zero-order chi connectivity index (χ0) is 18.5. The molecular weight excluding hydrogens is 292 g/mol. The van der Waals surface area contributed by atoms with E-state index in [1.165, 1.54) is 49.2 Å². The van der Waals surface area contributed by atoms with Crippen LogP contribution in [-0.4, -0.2) is 19.1 Å². The summed E-state index contributed by atoms with van der Waals surface area (Å²) in [5, 5.41) is 0. The Morgan fingerprint density at radius 3 is 1.96 bits per heavy atom. The summed E-state index contributed by atoms with van der Waals surface area (Å²) in [6, 6.07) is 4.55. The first-order chi connectivity index (χ1) is 11.4. The molecule has 0 saturated carbocycles. The molecule has 0 unspecified atom stereocenters. The summed E-state index contributed by atoms with van der Waals surface area (Å²) in [6.07, 6.45) is 8.71. The predicted octanol–water partition coefficient (Wildman–Crippen LogP) is 6.52. The highest BCUT2D eigenvalue weighted by Crippen LogP contribution is 2.21. The van der Waals surface area contributed by atoms with Crippen molar-refractivity contribution < 1.29 is 0 Å². The zero-order valence-corrected chi connectivity index (χ0v) is 17.7. The molecular formula is C22H42N2. The van der Waals surface area contributed by atoms with Crippen LogP contribution in [-0.2, 0) is 12.8 Å². The molecule has 0 aliphatic heterocycles. The molecule has 2 nitrogen and oxygen atoms in total. The number of aromatic nitrogens is 1. The largest absolute Gasteiger partial charge is 0.363 e. The molecule has 0 aromatic carbocycles. The van der Waals surface area contributed by atoms with Crippen molar-refractivity contribution in [1.29, 1.82) is 0 Å². The second kappa shape index (κ2) is 13.3. The maximum absolute atomic E-state index is 4.91. The third-order valence-corrected chi connectivity index (χ3v) is 4.13. The summed E-state index contributed by atoms with van der Waals surface area (Å²) in [5.41, 5.74) is 2.65. The number of unbranched alkanes of at least 4 members (excludes halogenated alkanes) is 1. The summed E-state index contributed by atoms with van der Waals surface area (Å²) < 4.78 is 0. The maximum atomic E-state index is 4.91. The van der Waals surface area contributed by atoms with Crippen molar-refractivity contribution in [1.82, 2.24) is 4.98 Å². The highest BCUT2D eigenvalue weighted by Gasteiger charge is 2.08. The van der Waals surface area contributed by atoms with Gasteiger partial charge in [-0.05, 0) is 49.1 Å². The normalized spacial score (nSPS) is 10.8. The summed E-state index contributed by atoms with van der Waals surface area (Å²) >= 11 is 0. The summed E-state index contributed by atoms with van der Waals surface area (Å²) in [4.78, 5) is 7.08. The van der Waals surface area contributed by atoms with Gasteiger partial charge in [-0.3, -0.25) is 0 Å². The molecule has 140 valence electrons. The highest BCUT2D eigenvalue weighted by atomic mass is 15.1. The van der Waals surface area contributed by atoms with Gasteiger partial charge in [0.1, 0.15) is 5.82 Å². The van der Waals surface area contributed by atoms with Gasteiger partial charge >= 0.3 is 0 Å². The average Bonchev–Trinajstić information content (AvgIpc) is 2.53. The fourth-order valence-corrected chi connectivity index (χ4v) is 2.80. The highest BCUT2D eigenvalue weighted by molar-refractivity contribution is 5.46. The lowest BCUT2D eigenvalue weighted by atomic mass is 10.0. The van der Waals surface area contributed by atoms with Gasteiger partial charge in [0.2, 0.25) is 0 Å². The molecule has 1 rings (SSSR count). The minimum Gasteiger partial charge on any atom is -0.363 e. The van der Waals surface area contributed by atoms with Crippen molar-refractivity contribution in [3.63, 3.8) is 0 Å². The summed E-state index contributed by atoms with van der Waals surface area (Å²) in [5.74, 6) is 2.77. The number of nitrogens with zero attached hydrogens (tertiary/aromatic N) is 2. The van der Waals surface area contributed by atoms with E-state index in [-0.39, 0.29) is 0 Å². The molecule has 2 heteroatoms. The molecule has 1 aromatic rings. The van der Waals surface area contributed by atoms with E-state index in [9.17, 15) is 0 Å². The number of pyridine rings is 1. The monoisotopic (exact) mass is 334 g/mol. The lowest BCUT2D eigenvalue weighted by Crippen LogP contribution is -2.14. The van der Waals surface area contributed by atoms with Crippen LogP contribution in [0.3, 0.4) is 0 Å². The van der Waals surface area contributed by atoms with Crippen molar-refractivity contribution in [2.45, 2.75) is 86.5 Å². The molecule has 0 fully saturated rings. The fraction of sp³-hybridized carbons (Fsp3) is 0.773. The number of aryl methyl sites for hydroxylation is 2. The second-order valence-corrected chi connectivity index (χ2v) is 7.61. The van der Waals surface area contributed by atoms with Gasteiger partial charge in [0.25, 0.3) is 0 Å². The second-order valence-electron chi connectivity index (χ2n) is 7.61. The minimum atomic E-state index is 0.786. The first-order valence-electron chi connectivity index (χ1n) is 10.1. The van der Waals surface area contributed by atoms with E-state index < -0.39 is 0 Å². The molecule has 0 bridgehead atoms. The Hall–Kier alpha value is -1.05. The van der Waals surface area contributed by atoms with E-state index in [4.69, 9.17) is 4.98 Å². The van der Waals surface area contributed by atoms with Crippen LogP contribution in [0.2, 0.25) is 0 Å². The molecule has 0 spiro atoms. The van der Waals surface area contributed by atoms with E-state index in [0.717, 1.165) is 24.7 Å². The molecule has 0 radical (unpaired) electrons. The standard InChI is InChI=1S/C20H36N2.C2H6/c1-16(2)10-7-8-12-18-14-15-19(13-9-11-17(3)4)21-20(18)22(5)6;1-2/h14-17H,7-13H2,1-6H3;1-2H3. The number of anilines is 1. The Morgan fingerprint density at radius 2 is 1.42 bits per heavy atom. The lowest BCUT2D eigenvalue weighted by Gasteiger charge is -2.18. The third-order valence-electron chi connectivity index (χ3n) is 4.13. The maximum Gasteiger partial charge on any atom is 0.131 e. The van der Waals surface area contributed by atoms with E-state index in [1.807, 2.05) is 13.8 Å². The molecule has 1 aromatic heterocycles. The van der Waals surface area contributed by atoms with E-state index in [2.05, 4.69) is 58.8 Å². The first-order valence-corrected chi connectivity index (χ1v) is 10.1. The van der Waals surface area contributed by atoms with Crippen LogP contribution < -0.4 is 4.90 Å². The molecule has 0 aliphatic rings. The Balaban J connectivity index is 0.00000254. The van der Waals surface area contributed by atoms with Crippen molar-refractivity contribution in [2.75, 3.05) is 19.0 Å². The third kappa shape index (κ3) is 9.95. The summed E-state index contributed by atoms with van der Waals surface area (Å²) in [6.45, 7) is 13.2. The SMILES string of the molecule is CC.CC(C)CCCCc1ccc(CCCC(C)C)nc1N(C)C. The van der Waals surface area contributed by atoms with Gasteiger partial charge in [0, 0.05) is 19.8 Å². The van der Waals surface area contributed by atoms with Gasteiger partial charge in [0.05, 0.1) is 0 Å². The molecule has 1 heterocycles. The van der Waals surface area contributed by atoms with Crippen molar-refractivity contribution in [2.24, 2.45) is 11.8 Å². The smallest absolute Gasteiger partial charge is 0.131 e. The molecule has 0 aliphatic carbocycles. The van der Waals surface area contributed by atoms with Crippen LogP contribution >= 0.6 is 0 Å². The van der Waals surface area contributed by atoms with Crippen LogP contribution in [0.25, 0.3) is 0 Å². The number of rotatable bonds is 10. The van der Waals surface area contributed by atoms with Gasteiger partial charge in [-0.2, -0.15) is 0 Å². The summed E-state index contributed by atoms with van der Waals surface area (Å²) in [7, 11) is 4.22. The fourth-order valence-electron chi connectivity index (χ4n) is 2.80. The minimum absolute atomic E-state index is 0.786. The van der Waals surface area contributed by atoms with Gasteiger partial charge in [-0.15, -0.1) is 0 Å². The van der Waals surface area contributed by atoms with Gasteiger partial charge in [0.15, 0.2) is 0 Å². The van der Waals surface area contributed by atoms with Crippen LogP contribution in [0.15, 0.2) is 12.1 Å². The number of hydrogen-bond donors (Lipinski definition) is 0. The van der Waals surface area contributed by atoms with Crippen LogP contribution in [0.4, 0.5) is 5.82 Å². The first kappa shape index (κ1) is 22.9. The van der Waals surface area contributed by atoms with E-state index in [1.54, 1.807) is 0 Å². The molecule has 0 N–H and O–H groups in total. The zero-order valence-electron chi connectivity index (χ0n) is 17.7. The predicted molar refractivity (Wildman–Crippen MR) is 110 cm³/mol. The molecule has 24 heavy (non-hydrogen) atoms. The Labute approximate surface area is 152 Å². The van der Waals surface area contributed by atoms with Gasteiger partial charge < -0.3 is 4.90 Å². The van der Waals surface area contributed by atoms with Crippen molar-refractivity contribution in [3.8, 4) is 0 Å². The van der Waals surface area contributed by atoms with Crippen LogP contribution in [0.1, 0.15) is 84.9 Å². The van der Waals surface area contributed by atoms with E-state index >= 15 is 0 Å². The average molecular weight is 335 g/mol. The topological polar surface area (TPSA) is 16.1 Å². The van der Waals surface area contributed by atoms with E-state index in [0.29, 0.717) is 0 Å². The molecule has 0 atom stereocenters. The van der Waals surface area contributed by atoms with Crippen LogP contribution in [0, 0.1) is 11.8 Å². The molecule has 0 amide bonds. The van der Waals surface area contributed by atoms with Gasteiger partial charge in [-0.25, -0.2) is 4.98 Å². The molecule has 0 saturated heterocycles.